The Kier molecular flexibility index (Phi) is 8.95. The first kappa shape index (κ1) is 24.8. The maximum absolute atomic E-state index is 11.5. The molecule has 3 rings (SSSR count). The molecule has 1 fully saturated rings. The van der Waals surface area contributed by atoms with Gasteiger partial charge in [-0.1, -0.05) is 45.4 Å². The van der Waals surface area contributed by atoms with Gasteiger partial charge in [-0.15, -0.1) is 0 Å². The van der Waals surface area contributed by atoms with Gasteiger partial charge in [0, 0.05) is 31.0 Å². The van der Waals surface area contributed by atoms with E-state index in [4.69, 9.17) is 9.47 Å². The Morgan fingerprint density at radius 1 is 1.03 bits per heavy atom. The van der Waals surface area contributed by atoms with Crippen LogP contribution in [0.2, 0.25) is 0 Å². The predicted octanol–water partition coefficient (Wildman–Crippen LogP) is 6.13. The van der Waals surface area contributed by atoms with Crippen molar-refractivity contribution in [3.63, 3.8) is 0 Å². The molecule has 0 aliphatic carbocycles. The molecule has 5 heteroatoms. The molecule has 0 amide bonds. The average Bonchev–Trinajstić information content (AvgIpc) is 3.14. The molecule has 5 nitrogen and oxygen atoms in total. The molecule has 2 aromatic carbocycles. The Balaban J connectivity index is 1.76. The first-order valence-electron chi connectivity index (χ1n) is 12.0. The summed E-state index contributed by atoms with van der Waals surface area (Å²) in [6.45, 7) is 12.2. The van der Waals surface area contributed by atoms with E-state index in [9.17, 15) is 9.90 Å². The summed E-state index contributed by atoms with van der Waals surface area (Å²) in [5.41, 5.74) is 4.49. The first-order chi connectivity index (χ1) is 15.9. The van der Waals surface area contributed by atoms with E-state index < -0.39 is 5.97 Å². The highest BCUT2D eigenvalue weighted by Gasteiger charge is 2.27. The maximum atomic E-state index is 11.5. The van der Waals surface area contributed by atoms with Gasteiger partial charge >= 0.3 is 5.97 Å². The summed E-state index contributed by atoms with van der Waals surface area (Å²) in [4.78, 5) is 13.9. The number of benzene rings is 2. The highest BCUT2D eigenvalue weighted by Crippen LogP contribution is 2.34. The molecular weight excluding hydrogens is 414 g/mol. The second kappa shape index (κ2) is 11.9. The number of carboxylic acid groups (broad SMARTS) is 1. The van der Waals surface area contributed by atoms with Crippen LogP contribution in [0.25, 0.3) is 17.2 Å². The molecule has 0 bridgehead atoms. The minimum atomic E-state index is -0.894. The summed E-state index contributed by atoms with van der Waals surface area (Å²) in [7, 11) is 0. The molecule has 1 N–H and O–H groups in total. The van der Waals surface area contributed by atoms with Crippen LogP contribution in [0.1, 0.15) is 46.1 Å². The highest BCUT2D eigenvalue weighted by molar-refractivity contribution is 5.93. The lowest BCUT2D eigenvalue weighted by molar-refractivity contribution is -0.132. The van der Waals surface area contributed by atoms with Crippen LogP contribution in [-0.4, -0.2) is 44.0 Å². The SMILES string of the molecule is CCCCOCCOc1ccc(-c2ccc(N3CC(C)C(C)C3)c(/C=C(\C)C(=O)O)c2)cc1. The van der Waals surface area contributed by atoms with Gasteiger partial charge in [0.25, 0.3) is 0 Å². The minimum Gasteiger partial charge on any atom is -0.491 e. The number of anilines is 1. The number of unbranched alkanes of at least 4 members (excludes halogenated alkanes) is 1. The monoisotopic (exact) mass is 451 g/mol. The second-order valence-electron chi connectivity index (χ2n) is 9.10. The lowest BCUT2D eigenvalue weighted by Gasteiger charge is -2.22. The fourth-order valence-electron chi connectivity index (χ4n) is 4.07. The Hall–Kier alpha value is -2.79. The smallest absolute Gasteiger partial charge is 0.331 e. The summed E-state index contributed by atoms with van der Waals surface area (Å²) >= 11 is 0. The number of rotatable bonds is 11. The molecule has 1 aliphatic heterocycles. The van der Waals surface area contributed by atoms with Gasteiger partial charge < -0.3 is 19.5 Å². The average molecular weight is 452 g/mol. The van der Waals surface area contributed by atoms with E-state index in [0.717, 1.165) is 60.7 Å². The van der Waals surface area contributed by atoms with Crippen molar-refractivity contribution in [1.82, 2.24) is 0 Å². The highest BCUT2D eigenvalue weighted by atomic mass is 16.5. The normalized spacial score (nSPS) is 18.5. The molecule has 0 saturated carbocycles. The summed E-state index contributed by atoms with van der Waals surface area (Å²) < 4.78 is 11.3. The van der Waals surface area contributed by atoms with Gasteiger partial charge in [-0.25, -0.2) is 4.79 Å². The van der Waals surface area contributed by atoms with Gasteiger partial charge in [-0.2, -0.15) is 0 Å². The third kappa shape index (κ3) is 6.84. The van der Waals surface area contributed by atoms with Gasteiger partial charge in [0.05, 0.1) is 6.61 Å². The van der Waals surface area contributed by atoms with Gasteiger partial charge in [0.15, 0.2) is 0 Å². The zero-order valence-corrected chi connectivity index (χ0v) is 20.3. The molecule has 1 aliphatic rings. The molecular formula is C28H37NO4. The van der Waals surface area contributed by atoms with Crippen molar-refractivity contribution < 1.29 is 19.4 Å². The van der Waals surface area contributed by atoms with E-state index in [1.165, 1.54) is 0 Å². The van der Waals surface area contributed by atoms with Gasteiger partial charge in [-0.3, -0.25) is 0 Å². The minimum absolute atomic E-state index is 0.332. The number of nitrogens with zero attached hydrogens (tertiary/aromatic N) is 1. The molecule has 1 saturated heterocycles. The molecule has 0 spiro atoms. The van der Waals surface area contributed by atoms with Crippen molar-refractivity contribution in [2.24, 2.45) is 11.8 Å². The fraction of sp³-hybridized carbons (Fsp3) is 0.464. The van der Waals surface area contributed by atoms with E-state index in [-0.39, 0.29) is 0 Å². The topological polar surface area (TPSA) is 59.0 Å². The van der Waals surface area contributed by atoms with Crippen LogP contribution in [0, 0.1) is 11.8 Å². The number of carbonyl (C=O) groups is 1. The van der Waals surface area contributed by atoms with Crippen molar-refractivity contribution in [1.29, 1.82) is 0 Å². The largest absolute Gasteiger partial charge is 0.491 e. The summed E-state index contributed by atoms with van der Waals surface area (Å²) in [6.07, 6.45) is 3.99. The van der Waals surface area contributed by atoms with Crippen molar-refractivity contribution in [2.75, 3.05) is 37.8 Å². The Labute approximate surface area is 198 Å². The molecule has 2 unspecified atom stereocenters. The molecule has 0 radical (unpaired) electrons. The predicted molar refractivity (Wildman–Crippen MR) is 135 cm³/mol. The van der Waals surface area contributed by atoms with E-state index >= 15 is 0 Å². The number of ether oxygens (including phenoxy) is 2. The van der Waals surface area contributed by atoms with Crippen molar-refractivity contribution >= 4 is 17.7 Å². The second-order valence-corrected chi connectivity index (χ2v) is 9.10. The summed E-state index contributed by atoms with van der Waals surface area (Å²) in [6, 6.07) is 14.4. The zero-order valence-electron chi connectivity index (χ0n) is 20.3. The van der Waals surface area contributed by atoms with Crippen LogP contribution in [0.15, 0.2) is 48.0 Å². The zero-order chi connectivity index (χ0) is 23.8. The lowest BCUT2D eigenvalue weighted by atomic mass is 10.00. The van der Waals surface area contributed by atoms with Crippen molar-refractivity contribution in [3.8, 4) is 16.9 Å². The third-order valence-electron chi connectivity index (χ3n) is 6.39. The Bertz CT molecular complexity index is 941. The fourth-order valence-corrected chi connectivity index (χ4v) is 4.07. The van der Waals surface area contributed by atoms with Crippen molar-refractivity contribution in [3.05, 3.63) is 53.6 Å². The van der Waals surface area contributed by atoms with Gasteiger partial charge in [0.1, 0.15) is 12.4 Å². The van der Waals surface area contributed by atoms with Crippen LogP contribution in [-0.2, 0) is 9.53 Å². The van der Waals surface area contributed by atoms with Gasteiger partial charge in [-0.05, 0) is 72.2 Å². The summed E-state index contributed by atoms with van der Waals surface area (Å²) in [5, 5.41) is 9.43. The third-order valence-corrected chi connectivity index (χ3v) is 6.39. The Morgan fingerprint density at radius 2 is 1.70 bits per heavy atom. The maximum Gasteiger partial charge on any atom is 0.331 e. The molecule has 0 aromatic heterocycles. The van der Waals surface area contributed by atoms with E-state index in [1.54, 1.807) is 13.0 Å². The quantitative estimate of drug-likeness (QED) is 0.329. The number of carboxylic acids is 1. The van der Waals surface area contributed by atoms with Crippen molar-refractivity contribution in [2.45, 2.75) is 40.5 Å². The molecule has 33 heavy (non-hydrogen) atoms. The van der Waals surface area contributed by atoms with E-state index in [1.807, 2.05) is 24.3 Å². The standard InChI is InChI=1S/C28H37NO4/c1-5-6-13-32-14-15-33-26-10-7-23(8-11-26)24-9-12-27(29-18-21(3)22(4)19-29)25(17-24)16-20(2)28(30)31/h7-12,16-17,21-22H,5-6,13-15,18-19H2,1-4H3,(H,30,31)/b20-16+. The lowest BCUT2D eigenvalue weighted by Crippen LogP contribution is -2.20. The van der Waals surface area contributed by atoms with E-state index in [0.29, 0.717) is 30.6 Å². The molecule has 2 aromatic rings. The van der Waals surface area contributed by atoms with E-state index in [2.05, 4.69) is 43.9 Å². The number of hydrogen-bond acceptors (Lipinski definition) is 4. The molecule has 2 atom stereocenters. The van der Waals surface area contributed by atoms with Crippen LogP contribution in [0.3, 0.4) is 0 Å². The molecule has 1 heterocycles. The summed E-state index contributed by atoms with van der Waals surface area (Å²) in [5.74, 6) is 1.16. The van der Waals surface area contributed by atoms with Crippen LogP contribution < -0.4 is 9.64 Å². The van der Waals surface area contributed by atoms with Gasteiger partial charge in [0.2, 0.25) is 0 Å². The van der Waals surface area contributed by atoms with Crippen LogP contribution in [0.5, 0.6) is 5.75 Å². The Morgan fingerprint density at radius 3 is 2.33 bits per heavy atom. The first-order valence-corrected chi connectivity index (χ1v) is 12.0. The number of hydrogen-bond donors (Lipinski definition) is 1. The van der Waals surface area contributed by atoms with Crippen LogP contribution in [0.4, 0.5) is 5.69 Å². The molecule has 178 valence electrons. The number of aliphatic carboxylic acids is 1. The van der Waals surface area contributed by atoms with Crippen LogP contribution >= 0.6 is 0 Å².